The van der Waals surface area contributed by atoms with E-state index in [-0.39, 0.29) is 5.54 Å². The Morgan fingerprint density at radius 3 is 2.73 bits per heavy atom. The van der Waals surface area contributed by atoms with Gasteiger partial charge < -0.3 is 4.85 Å². The highest BCUT2D eigenvalue weighted by Crippen LogP contribution is 2.50. The quantitative estimate of drug-likeness (QED) is 0.396. The van der Waals surface area contributed by atoms with Crippen molar-refractivity contribution in [1.82, 2.24) is 0 Å². The Kier molecular flexibility index (Phi) is 1.32. The second-order valence-electron chi connectivity index (χ2n) is 3.76. The lowest BCUT2D eigenvalue weighted by Gasteiger charge is -2.21. The number of fused-ring (bicyclic) bond motifs is 2. The molecular weight excluding hydrogens is 134 g/mol. The van der Waals surface area contributed by atoms with Gasteiger partial charge in [-0.2, -0.15) is 0 Å². The lowest BCUT2D eigenvalue weighted by atomic mass is 9.83. The number of rotatable bonds is 1. The monoisotopic (exact) mass is 147 g/mol. The molecular formula is C10H13N. The molecule has 3 unspecified atom stereocenters. The molecule has 0 aromatic rings. The second kappa shape index (κ2) is 2.11. The summed E-state index contributed by atoms with van der Waals surface area (Å²) in [6.45, 7) is 9.34. The van der Waals surface area contributed by atoms with E-state index in [1.807, 2.05) is 0 Å². The maximum Gasteiger partial charge on any atom is 0.239 e. The minimum absolute atomic E-state index is 0.000579. The first-order valence-corrected chi connectivity index (χ1v) is 4.37. The van der Waals surface area contributed by atoms with Gasteiger partial charge in [-0.3, -0.25) is 0 Å². The van der Waals surface area contributed by atoms with E-state index in [0.29, 0.717) is 5.92 Å². The van der Waals surface area contributed by atoms with Crippen molar-refractivity contribution in [1.29, 1.82) is 0 Å². The Morgan fingerprint density at radius 2 is 2.45 bits per heavy atom. The molecule has 3 atom stereocenters. The number of hydrogen-bond donors (Lipinski definition) is 0. The summed E-state index contributed by atoms with van der Waals surface area (Å²) in [5.41, 5.74) is -0.000579. The summed E-state index contributed by atoms with van der Waals surface area (Å²) in [4.78, 5) is 3.82. The smallest absolute Gasteiger partial charge is 0.239 e. The Labute approximate surface area is 67.9 Å². The Morgan fingerprint density at radius 1 is 1.64 bits per heavy atom. The summed E-state index contributed by atoms with van der Waals surface area (Å²) in [6.07, 6.45) is 7.95. The standard InChI is InChI=1S/C10H13N/c1-3-10(11-2)7-8-4-5-9(10)6-8/h4-5,8-9H,3,6-7H2,1H3. The maximum absolute atomic E-state index is 7.19. The lowest BCUT2D eigenvalue weighted by Crippen LogP contribution is -2.28. The van der Waals surface area contributed by atoms with Crippen molar-refractivity contribution in [2.45, 2.75) is 31.7 Å². The van der Waals surface area contributed by atoms with E-state index < -0.39 is 0 Å². The van der Waals surface area contributed by atoms with Gasteiger partial charge in [0.25, 0.3) is 0 Å². The van der Waals surface area contributed by atoms with Gasteiger partial charge in [0, 0.05) is 12.8 Å². The van der Waals surface area contributed by atoms with Gasteiger partial charge in [-0.05, 0) is 12.3 Å². The molecule has 0 amide bonds. The lowest BCUT2D eigenvalue weighted by molar-refractivity contribution is 0.413. The Balaban J connectivity index is 2.30. The van der Waals surface area contributed by atoms with Gasteiger partial charge in [0.15, 0.2) is 0 Å². The average Bonchev–Trinajstić information content (AvgIpc) is 2.62. The van der Waals surface area contributed by atoms with E-state index in [4.69, 9.17) is 6.57 Å². The molecule has 58 valence electrons. The molecule has 0 aromatic carbocycles. The van der Waals surface area contributed by atoms with Crippen molar-refractivity contribution in [2.24, 2.45) is 11.8 Å². The van der Waals surface area contributed by atoms with Crippen LogP contribution in [0.2, 0.25) is 0 Å². The molecule has 0 N–H and O–H groups in total. The van der Waals surface area contributed by atoms with Gasteiger partial charge in [0.1, 0.15) is 0 Å². The molecule has 0 aliphatic heterocycles. The Bertz CT molecular complexity index is 236. The van der Waals surface area contributed by atoms with Crippen LogP contribution in [0.4, 0.5) is 0 Å². The molecule has 2 bridgehead atoms. The Hall–Kier alpha value is -0.770. The van der Waals surface area contributed by atoms with Crippen molar-refractivity contribution in [2.75, 3.05) is 0 Å². The van der Waals surface area contributed by atoms with Crippen LogP contribution in [0.3, 0.4) is 0 Å². The molecule has 2 aliphatic carbocycles. The van der Waals surface area contributed by atoms with E-state index in [2.05, 4.69) is 23.9 Å². The molecule has 0 spiro atoms. The zero-order valence-electron chi connectivity index (χ0n) is 6.88. The third-order valence-electron chi connectivity index (χ3n) is 3.31. The molecule has 1 fully saturated rings. The third-order valence-corrected chi connectivity index (χ3v) is 3.31. The van der Waals surface area contributed by atoms with Crippen LogP contribution in [0.1, 0.15) is 26.2 Å². The predicted molar refractivity (Wildman–Crippen MR) is 45.0 cm³/mol. The van der Waals surface area contributed by atoms with Crippen LogP contribution in [0.15, 0.2) is 12.2 Å². The average molecular weight is 147 g/mol. The van der Waals surface area contributed by atoms with Crippen LogP contribution in [0.25, 0.3) is 4.85 Å². The summed E-state index contributed by atoms with van der Waals surface area (Å²) in [6, 6.07) is 0. The molecule has 0 heterocycles. The summed E-state index contributed by atoms with van der Waals surface area (Å²) in [5, 5.41) is 0. The first-order valence-electron chi connectivity index (χ1n) is 4.37. The first kappa shape index (κ1) is 6.91. The highest BCUT2D eigenvalue weighted by atomic mass is 14.8. The molecule has 2 rings (SSSR count). The minimum atomic E-state index is -0.000579. The fourth-order valence-corrected chi connectivity index (χ4v) is 2.54. The van der Waals surface area contributed by atoms with E-state index >= 15 is 0 Å². The first-order chi connectivity index (χ1) is 5.30. The van der Waals surface area contributed by atoms with Gasteiger partial charge in [-0.25, -0.2) is 6.57 Å². The largest absolute Gasteiger partial charge is 0.310 e. The summed E-state index contributed by atoms with van der Waals surface area (Å²) in [7, 11) is 0. The van der Waals surface area contributed by atoms with Crippen molar-refractivity contribution >= 4 is 0 Å². The molecule has 1 saturated carbocycles. The molecule has 11 heavy (non-hydrogen) atoms. The molecule has 0 aromatic heterocycles. The number of nitrogens with zero attached hydrogens (tertiary/aromatic N) is 1. The van der Waals surface area contributed by atoms with Crippen molar-refractivity contribution < 1.29 is 0 Å². The van der Waals surface area contributed by atoms with Gasteiger partial charge in [-0.15, -0.1) is 0 Å². The molecule has 1 nitrogen and oxygen atoms in total. The molecule has 2 aliphatic rings. The van der Waals surface area contributed by atoms with E-state index in [9.17, 15) is 0 Å². The van der Waals surface area contributed by atoms with Crippen molar-refractivity contribution in [3.63, 3.8) is 0 Å². The predicted octanol–water partition coefficient (Wildman–Crippen LogP) is 2.65. The van der Waals surface area contributed by atoms with E-state index in [0.717, 1.165) is 18.8 Å². The summed E-state index contributed by atoms with van der Waals surface area (Å²) >= 11 is 0. The highest BCUT2D eigenvalue weighted by Gasteiger charge is 2.52. The molecule has 1 heteroatoms. The van der Waals surface area contributed by atoms with Crippen LogP contribution in [-0.2, 0) is 0 Å². The number of hydrogen-bond acceptors (Lipinski definition) is 0. The van der Waals surface area contributed by atoms with Gasteiger partial charge in [0.05, 0.1) is 5.92 Å². The van der Waals surface area contributed by atoms with Gasteiger partial charge in [0.2, 0.25) is 5.54 Å². The highest BCUT2D eigenvalue weighted by molar-refractivity contribution is 5.23. The summed E-state index contributed by atoms with van der Waals surface area (Å²) in [5.74, 6) is 1.31. The second-order valence-corrected chi connectivity index (χ2v) is 3.76. The van der Waals surface area contributed by atoms with Crippen molar-refractivity contribution in [3.05, 3.63) is 23.6 Å². The molecule has 0 saturated heterocycles. The minimum Gasteiger partial charge on any atom is -0.310 e. The molecule has 0 radical (unpaired) electrons. The van der Waals surface area contributed by atoms with Crippen LogP contribution < -0.4 is 0 Å². The zero-order valence-corrected chi connectivity index (χ0v) is 6.88. The van der Waals surface area contributed by atoms with E-state index in [1.165, 1.54) is 6.42 Å². The topological polar surface area (TPSA) is 4.36 Å². The fourth-order valence-electron chi connectivity index (χ4n) is 2.54. The van der Waals surface area contributed by atoms with Crippen molar-refractivity contribution in [3.8, 4) is 0 Å². The summed E-state index contributed by atoms with van der Waals surface area (Å²) < 4.78 is 0. The van der Waals surface area contributed by atoms with Gasteiger partial charge in [-0.1, -0.05) is 19.1 Å². The maximum atomic E-state index is 7.19. The normalized spacial score (nSPS) is 46.2. The zero-order chi connectivity index (χ0) is 7.90. The fraction of sp³-hybridized carbons (Fsp3) is 0.700. The number of allylic oxidation sites excluding steroid dienone is 1. The third kappa shape index (κ3) is 0.758. The van der Waals surface area contributed by atoms with Crippen LogP contribution >= 0.6 is 0 Å². The van der Waals surface area contributed by atoms with E-state index in [1.54, 1.807) is 0 Å². The van der Waals surface area contributed by atoms with Crippen LogP contribution in [-0.4, -0.2) is 5.54 Å². The van der Waals surface area contributed by atoms with Crippen LogP contribution in [0, 0.1) is 18.4 Å². The van der Waals surface area contributed by atoms with Gasteiger partial charge >= 0.3 is 0 Å². The SMILES string of the molecule is [C-]#[N+]C1(CC)CC2C=CC1C2. The van der Waals surface area contributed by atoms with Crippen LogP contribution in [0.5, 0.6) is 0 Å².